The summed E-state index contributed by atoms with van der Waals surface area (Å²) in [6.07, 6.45) is 4.73. The van der Waals surface area contributed by atoms with E-state index in [0.717, 1.165) is 18.9 Å². The molecule has 3 unspecified atom stereocenters. The van der Waals surface area contributed by atoms with Crippen LogP contribution in [0.2, 0.25) is 0 Å². The summed E-state index contributed by atoms with van der Waals surface area (Å²) in [5.41, 5.74) is 5.89. The first-order chi connectivity index (χ1) is 8.33. The summed E-state index contributed by atoms with van der Waals surface area (Å²) in [4.78, 5) is 12.1. The van der Waals surface area contributed by atoms with Gasteiger partial charge in [0.2, 0.25) is 5.91 Å². The van der Waals surface area contributed by atoms with E-state index in [4.69, 9.17) is 5.73 Å². The molecule has 0 spiro atoms. The van der Waals surface area contributed by atoms with Gasteiger partial charge in [-0.3, -0.25) is 4.79 Å². The third-order valence-corrected chi connectivity index (χ3v) is 4.09. The molecule has 1 fully saturated rings. The lowest BCUT2D eigenvalue weighted by Crippen LogP contribution is -2.39. The number of hydrogen-bond acceptors (Lipinski definition) is 2. The van der Waals surface area contributed by atoms with Gasteiger partial charge < -0.3 is 11.1 Å². The molecule has 0 aromatic carbocycles. The Bertz CT molecular complexity index is 270. The highest BCUT2D eigenvalue weighted by Crippen LogP contribution is 2.30. The minimum Gasteiger partial charge on any atom is -0.356 e. The van der Waals surface area contributed by atoms with Crippen LogP contribution < -0.4 is 11.1 Å². The summed E-state index contributed by atoms with van der Waals surface area (Å²) < 4.78 is 0. The Balaban J connectivity index is 2.38. The second-order valence-electron chi connectivity index (χ2n) is 7.11. The van der Waals surface area contributed by atoms with E-state index in [0.29, 0.717) is 12.5 Å². The van der Waals surface area contributed by atoms with Crippen molar-refractivity contribution in [3.8, 4) is 0 Å². The van der Waals surface area contributed by atoms with E-state index < -0.39 is 0 Å². The summed E-state index contributed by atoms with van der Waals surface area (Å²) in [5.74, 6) is 1.53. The third-order valence-electron chi connectivity index (χ3n) is 4.09. The second kappa shape index (κ2) is 6.55. The maximum absolute atomic E-state index is 12.1. The van der Waals surface area contributed by atoms with Gasteiger partial charge in [0, 0.05) is 13.1 Å². The average molecular weight is 254 g/mol. The van der Waals surface area contributed by atoms with Crippen LogP contribution >= 0.6 is 0 Å². The van der Waals surface area contributed by atoms with Gasteiger partial charge in [-0.25, -0.2) is 0 Å². The van der Waals surface area contributed by atoms with Gasteiger partial charge >= 0.3 is 0 Å². The van der Waals surface area contributed by atoms with Crippen molar-refractivity contribution in [3.63, 3.8) is 0 Å². The van der Waals surface area contributed by atoms with Gasteiger partial charge in [-0.15, -0.1) is 0 Å². The first-order valence-corrected chi connectivity index (χ1v) is 7.31. The predicted octanol–water partition coefficient (Wildman–Crippen LogP) is 2.55. The molecule has 3 heteroatoms. The SMILES string of the molecule is CC1CCCC1CNC(=O)C(CN)CC(C)(C)C. The molecule has 0 radical (unpaired) electrons. The zero-order valence-corrected chi connectivity index (χ0v) is 12.5. The lowest BCUT2D eigenvalue weighted by atomic mass is 9.84. The molecule has 1 rings (SSSR count). The quantitative estimate of drug-likeness (QED) is 0.792. The van der Waals surface area contributed by atoms with E-state index >= 15 is 0 Å². The van der Waals surface area contributed by atoms with Gasteiger partial charge in [-0.2, -0.15) is 0 Å². The van der Waals surface area contributed by atoms with Gasteiger partial charge in [0.1, 0.15) is 0 Å². The van der Waals surface area contributed by atoms with Crippen molar-refractivity contribution in [2.45, 2.75) is 53.4 Å². The first-order valence-electron chi connectivity index (χ1n) is 7.31. The zero-order chi connectivity index (χ0) is 13.8. The molecule has 3 nitrogen and oxygen atoms in total. The van der Waals surface area contributed by atoms with Crippen molar-refractivity contribution in [3.05, 3.63) is 0 Å². The molecule has 0 heterocycles. The fourth-order valence-electron chi connectivity index (χ4n) is 2.92. The van der Waals surface area contributed by atoms with Crippen molar-refractivity contribution >= 4 is 5.91 Å². The Morgan fingerprint density at radius 1 is 1.39 bits per heavy atom. The highest BCUT2D eigenvalue weighted by molar-refractivity contribution is 5.78. The summed E-state index contributed by atoms with van der Waals surface area (Å²) >= 11 is 0. The summed E-state index contributed by atoms with van der Waals surface area (Å²) in [7, 11) is 0. The van der Waals surface area contributed by atoms with E-state index in [1.807, 2.05) is 0 Å². The molecular weight excluding hydrogens is 224 g/mol. The largest absolute Gasteiger partial charge is 0.356 e. The van der Waals surface area contributed by atoms with Crippen LogP contribution in [0.4, 0.5) is 0 Å². The van der Waals surface area contributed by atoms with Crippen LogP contribution in [0.15, 0.2) is 0 Å². The number of carbonyl (C=O) groups is 1. The number of rotatable bonds is 5. The lowest BCUT2D eigenvalue weighted by Gasteiger charge is -2.25. The number of nitrogens with two attached hydrogens (primary N) is 1. The average Bonchev–Trinajstić information content (AvgIpc) is 2.67. The predicted molar refractivity (Wildman–Crippen MR) is 76.1 cm³/mol. The monoisotopic (exact) mass is 254 g/mol. The molecule has 0 aromatic rings. The molecule has 1 aliphatic carbocycles. The molecule has 18 heavy (non-hydrogen) atoms. The Morgan fingerprint density at radius 3 is 2.50 bits per heavy atom. The Labute approximate surface area is 112 Å². The number of amides is 1. The van der Waals surface area contributed by atoms with Gasteiger partial charge in [0.25, 0.3) is 0 Å². The molecule has 106 valence electrons. The van der Waals surface area contributed by atoms with Crippen molar-refractivity contribution in [2.75, 3.05) is 13.1 Å². The molecule has 3 N–H and O–H groups in total. The van der Waals surface area contributed by atoms with Crippen LogP contribution in [0.1, 0.15) is 53.4 Å². The summed E-state index contributed by atoms with van der Waals surface area (Å²) in [5, 5.41) is 3.11. The molecule has 0 aliphatic heterocycles. The van der Waals surface area contributed by atoms with Crippen LogP contribution in [0, 0.1) is 23.2 Å². The second-order valence-corrected chi connectivity index (χ2v) is 7.11. The molecule has 1 amide bonds. The van der Waals surface area contributed by atoms with Crippen molar-refractivity contribution in [1.82, 2.24) is 5.32 Å². The topological polar surface area (TPSA) is 55.1 Å². The van der Waals surface area contributed by atoms with Gasteiger partial charge in [0.05, 0.1) is 5.92 Å². The Morgan fingerprint density at radius 2 is 2.06 bits per heavy atom. The van der Waals surface area contributed by atoms with Crippen LogP contribution in [-0.2, 0) is 4.79 Å². The highest BCUT2D eigenvalue weighted by Gasteiger charge is 2.27. The fourth-order valence-corrected chi connectivity index (χ4v) is 2.92. The van der Waals surface area contributed by atoms with Crippen molar-refractivity contribution in [1.29, 1.82) is 0 Å². The summed E-state index contributed by atoms with van der Waals surface area (Å²) in [6, 6.07) is 0. The fraction of sp³-hybridized carbons (Fsp3) is 0.933. The molecule has 0 aromatic heterocycles. The molecule has 3 atom stereocenters. The lowest BCUT2D eigenvalue weighted by molar-refractivity contribution is -0.125. The number of nitrogens with one attached hydrogen (secondary N) is 1. The van der Waals surface area contributed by atoms with Crippen LogP contribution in [0.3, 0.4) is 0 Å². The van der Waals surface area contributed by atoms with E-state index in [1.165, 1.54) is 19.3 Å². The zero-order valence-electron chi connectivity index (χ0n) is 12.5. The maximum Gasteiger partial charge on any atom is 0.224 e. The van der Waals surface area contributed by atoms with E-state index in [1.54, 1.807) is 0 Å². The smallest absolute Gasteiger partial charge is 0.224 e. The molecule has 0 bridgehead atoms. The Hall–Kier alpha value is -0.570. The van der Waals surface area contributed by atoms with Crippen molar-refractivity contribution in [2.24, 2.45) is 28.9 Å². The molecular formula is C15H30N2O. The van der Waals surface area contributed by atoms with Crippen LogP contribution in [-0.4, -0.2) is 19.0 Å². The Kier molecular flexibility index (Phi) is 5.64. The number of carbonyl (C=O) groups excluding carboxylic acids is 1. The normalized spacial score (nSPS) is 26.1. The van der Waals surface area contributed by atoms with Crippen LogP contribution in [0.5, 0.6) is 0 Å². The third kappa shape index (κ3) is 4.97. The molecule has 0 saturated heterocycles. The summed E-state index contributed by atoms with van der Waals surface area (Å²) in [6.45, 7) is 10.0. The van der Waals surface area contributed by atoms with Crippen LogP contribution in [0.25, 0.3) is 0 Å². The molecule has 1 aliphatic rings. The number of hydrogen-bond donors (Lipinski definition) is 2. The van der Waals surface area contributed by atoms with Gasteiger partial charge in [-0.1, -0.05) is 40.5 Å². The first kappa shape index (κ1) is 15.5. The standard InChI is InChI=1S/C15H30N2O/c1-11-6-5-7-12(11)10-17-14(18)13(9-16)8-15(2,3)4/h11-13H,5-10,16H2,1-4H3,(H,17,18). The minimum atomic E-state index is -0.0401. The maximum atomic E-state index is 12.1. The minimum absolute atomic E-state index is 0.0401. The van der Waals surface area contributed by atoms with E-state index in [-0.39, 0.29) is 17.2 Å². The van der Waals surface area contributed by atoms with Gasteiger partial charge in [-0.05, 0) is 30.1 Å². The van der Waals surface area contributed by atoms with E-state index in [9.17, 15) is 4.79 Å². The van der Waals surface area contributed by atoms with Gasteiger partial charge in [0.15, 0.2) is 0 Å². The highest BCUT2D eigenvalue weighted by atomic mass is 16.1. The van der Waals surface area contributed by atoms with Crippen molar-refractivity contribution < 1.29 is 4.79 Å². The molecule has 1 saturated carbocycles. The van der Waals surface area contributed by atoms with E-state index in [2.05, 4.69) is 33.0 Å².